The van der Waals surface area contributed by atoms with Crippen molar-refractivity contribution < 1.29 is 24.2 Å². The van der Waals surface area contributed by atoms with Gasteiger partial charge in [-0.1, -0.05) is 37.6 Å². The first-order valence-electron chi connectivity index (χ1n) is 12.4. The predicted octanol–water partition coefficient (Wildman–Crippen LogP) is 2.54. The van der Waals surface area contributed by atoms with E-state index in [4.69, 9.17) is 9.84 Å². The van der Waals surface area contributed by atoms with E-state index in [-0.39, 0.29) is 29.6 Å². The zero-order chi connectivity index (χ0) is 23.4. The van der Waals surface area contributed by atoms with Crippen LogP contribution in [0.2, 0.25) is 0 Å². The first kappa shape index (κ1) is 24.3. The van der Waals surface area contributed by atoms with Crippen molar-refractivity contribution in [2.75, 3.05) is 32.8 Å². The van der Waals surface area contributed by atoms with Crippen LogP contribution in [0.1, 0.15) is 51.9 Å². The second-order valence-corrected chi connectivity index (χ2v) is 10.9. The highest BCUT2D eigenvalue weighted by Gasteiger charge is 2.70. The van der Waals surface area contributed by atoms with Crippen LogP contribution in [0.3, 0.4) is 0 Å². The fraction of sp³-hybridized carbons (Fsp3) is 0.720. The Morgan fingerprint density at radius 3 is 2.76 bits per heavy atom. The van der Waals surface area contributed by atoms with Crippen molar-refractivity contribution in [3.63, 3.8) is 0 Å². The van der Waals surface area contributed by atoms with Crippen molar-refractivity contribution >= 4 is 29.5 Å². The SMILES string of the molecule is CCCCN1CC=C[C@]23S[C@@H]4/C=C\CCCOC(=O)[C@@H]4[C@H]2C(=O)N(CCCCCO)C3C1=O. The summed E-state index contributed by atoms with van der Waals surface area (Å²) in [7, 11) is 0. The molecule has 2 amide bonds. The van der Waals surface area contributed by atoms with Gasteiger partial charge in [-0.3, -0.25) is 14.4 Å². The van der Waals surface area contributed by atoms with E-state index in [1.54, 1.807) is 16.7 Å². The summed E-state index contributed by atoms with van der Waals surface area (Å²) in [4.78, 5) is 44.6. The number of cyclic esters (lactones) is 1. The quantitative estimate of drug-likeness (QED) is 0.329. The predicted molar refractivity (Wildman–Crippen MR) is 127 cm³/mol. The lowest BCUT2D eigenvalue weighted by Gasteiger charge is -2.35. The largest absolute Gasteiger partial charge is 0.465 e. The van der Waals surface area contributed by atoms with Crippen LogP contribution in [-0.2, 0) is 19.1 Å². The van der Waals surface area contributed by atoms with E-state index in [2.05, 4.69) is 25.2 Å². The zero-order valence-corrected chi connectivity index (χ0v) is 20.3. The lowest BCUT2D eigenvalue weighted by molar-refractivity contribution is -0.153. The summed E-state index contributed by atoms with van der Waals surface area (Å²) in [5.41, 5.74) is 0. The molecule has 4 heterocycles. The van der Waals surface area contributed by atoms with Crippen molar-refractivity contribution in [3.8, 4) is 0 Å². The van der Waals surface area contributed by atoms with E-state index in [0.29, 0.717) is 32.7 Å². The van der Waals surface area contributed by atoms with Gasteiger partial charge in [0, 0.05) is 31.5 Å². The Hall–Kier alpha value is -1.80. The number of ether oxygens (including phenoxy) is 1. The van der Waals surface area contributed by atoms with E-state index in [1.165, 1.54) is 0 Å². The molecule has 1 spiro atoms. The number of carbonyl (C=O) groups excluding carboxylic acids is 3. The number of esters is 1. The molecule has 0 aliphatic carbocycles. The molecular formula is C25H36N2O5S. The third-order valence-electron chi connectivity index (χ3n) is 7.27. The molecule has 2 fully saturated rings. The number of nitrogens with zero attached hydrogens (tertiary/aromatic N) is 2. The van der Waals surface area contributed by atoms with E-state index in [1.807, 2.05) is 11.0 Å². The highest BCUT2D eigenvalue weighted by atomic mass is 32.2. The van der Waals surface area contributed by atoms with Crippen molar-refractivity contribution in [3.05, 3.63) is 24.3 Å². The van der Waals surface area contributed by atoms with Crippen molar-refractivity contribution in [2.45, 2.75) is 67.9 Å². The summed E-state index contributed by atoms with van der Waals surface area (Å²) in [6.45, 7) is 4.25. The number of carbonyl (C=O) groups is 3. The van der Waals surface area contributed by atoms with Gasteiger partial charge in [-0.15, -0.1) is 11.8 Å². The Kier molecular flexibility index (Phi) is 7.84. The fourth-order valence-corrected chi connectivity index (χ4v) is 7.66. The second kappa shape index (κ2) is 10.6. The van der Waals surface area contributed by atoms with Gasteiger partial charge in [0.25, 0.3) is 0 Å². The van der Waals surface area contributed by atoms with E-state index in [0.717, 1.165) is 38.5 Å². The molecule has 0 aromatic heterocycles. The van der Waals surface area contributed by atoms with Gasteiger partial charge < -0.3 is 19.6 Å². The molecule has 182 valence electrons. The normalized spacial score (nSPS) is 34.7. The van der Waals surface area contributed by atoms with Crippen LogP contribution in [0.15, 0.2) is 24.3 Å². The average Bonchev–Trinajstić information content (AvgIpc) is 3.21. The minimum atomic E-state index is -0.760. The molecule has 0 bridgehead atoms. The number of rotatable bonds is 8. The summed E-state index contributed by atoms with van der Waals surface area (Å²) in [6.07, 6.45) is 13.9. The second-order valence-electron chi connectivity index (χ2n) is 9.44. The molecule has 1 N–H and O–H groups in total. The van der Waals surface area contributed by atoms with E-state index >= 15 is 0 Å². The van der Waals surface area contributed by atoms with Crippen molar-refractivity contribution in [1.82, 2.24) is 9.80 Å². The summed E-state index contributed by atoms with van der Waals surface area (Å²) >= 11 is 1.60. The van der Waals surface area contributed by atoms with Gasteiger partial charge in [0.05, 0.1) is 23.2 Å². The smallest absolute Gasteiger partial charge is 0.311 e. The molecule has 0 aromatic carbocycles. The maximum absolute atomic E-state index is 13.9. The van der Waals surface area contributed by atoms with Crippen LogP contribution >= 0.6 is 11.8 Å². The standard InChI is InChI=1S/C25H36N2O5S/c1-2-3-13-26-14-10-12-25-20(19-18(33-25)11-6-4-9-17-32-24(19)31)22(29)27(21(25)23(26)30)15-7-5-8-16-28/h6,10-12,18-21,28H,2-5,7-9,13-17H2,1H3/b11-6-/t18-,19+,20+,21?,25+/m1/s1. The monoisotopic (exact) mass is 476 g/mol. The number of aliphatic hydroxyl groups is 1. The molecule has 4 aliphatic rings. The van der Waals surface area contributed by atoms with Gasteiger partial charge >= 0.3 is 5.97 Å². The van der Waals surface area contributed by atoms with Crippen LogP contribution in [-0.4, -0.2) is 81.6 Å². The number of unbranched alkanes of at least 4 members (excludes halogenated alkanes) is 3. The van der Waals surface area contributed by atoms with Crippen LogP contribution in [0.25, 0.3) is 0 Å². The maximum Gasteiger partial charge on any atom is 0.311 e. The molecule has 5 atom stereocenters. The van der Waals surface area contributed by atoms with Gasteiger partial charge in [0.2, 0.25) is 11.8 Å². The average molecular weight is 477 g/mol. The van der Waals surface area contributed by atoms with Gasteiger partial charge in [0.1, 0.15) is 6.04 Å². The number of amides is 2. The highest BCUT2D eigenvalue weighted by molar-refractivity contribution is 8.02. The summed E-state index contributed by atoms with van der Waals surface area (Å²) in [5.74, 6) is -1.62. The molecule has 8 heteroatoms. The first-order valence-corrected chi connectivity index (χ1v) is 13.3. The Labute approximate surface area is 200 Å². The molecule has 4 rings (SSSR count). The number of likely N-dealkylation sites (tertiary alicyclic amines) is 1. The topological polar surface area (TPSA) is 87.2 Å². The highest BCUT2D eigenvalue weighted by Crippen LogP contribution is 2.60. The third-order valence-corrected chi connectivity index (χ3v) is 9.02. The summed E-state index contributed by atoms with van der Waals surface area (Å²) in [6, 6.07) is -0.610. The number of aliphatic hydroxyl groups excluding tert-OH is 1. The van der Waals surface area contributed by atoms with Gasteiger partial charge in [-0.05, 0) is 38.5 Å². The molecule has 0 radical (unpaired) electrons. The van der Waals surface area contributed by atoms with Crippen molar-refractivity contribution in [1.29, 1.82) is 0 Å². The third kappa shape index (κ3) is 4.48. The number of hydrogen-bond donors (Lipinski definition) is 1. The van der Waals surface area contributed by atoms with Crippen LogP contribution in [0.4, 0.5) is 0 Å². The van der Waals surface area contributed by atoms with Crippen LogP contribution in [0, 0.1) is 11.8 Å². The van der Waals surface area contributed by atoms with Gasteiger partial charge in [-0.2, -0.15) is 0 Å². The number of fused-ring (bicyclic) bond motifs is 2. The molecule has 0 saturated carbocycles. The van der Waals surface area contributed by atoms with E-state index < -0.39 is 22.6 Å². The minimum absolute atomic E-state index is 0.0113. The molecule has 2 saturated heterocycles. The molecule has 7 nitrogen and oxygen atoms in total. The maximum atomic E-state index is 13.9. The fourth-order valence-electron chi connectivity index (χ4n) is 5.66. The number of thioether (sulfide) groups is 1. The molecular weight excluding hydrogens is 440 g/mol. The molecule has 1 unspecified atom stereocenters. The van der Waals surface area contributed by atoms with Gasteiger partial charge in [0.15, 0.2) is 0 Å². The van der Waals surface area contributed by atoms with E-state index in [9.17, 15) is 14.4 Å². The Morgan fingerprint density at radius 2 is 1.97 bits per heavy atom. The Balaban J connectivity index is 1.72. The van der Waals surface area contributed by atoms with Gasteiger partial charge in [-0.25, -0.2) is 0 Å². The zero-order valence-electron chi connectivity index (χ0n) is 19.5. The summed E-state index contributed by atoms with van der Waals surface area (Å²) in [5, 5.41) is 8.97. The first-order chi connectivity index (χ1) is 16.0. The van der Waals surface area contributed by atoms with Crippen LogP contribution < -0.4 is 0 Å². The molecule has 0 aromatic rings. The number of hydrogen-bond acceptors (Lipinski definition) is 6. The number of allylic oxidation sites excluding steroid dienone is 1. The minimum Gasteiger partial charge on any atom is -0.465 e. The molecule has 33 heavy (non-hydrogen) atoms. The lowest BCUT2D eigenvalue weighted by Crippen LogP contribution is -2.53. The van der Waals surface area contributed by atoms with Crippen molar-refractivity contribution in [2.24, 2.45) is 11.8 Å². The molecule has 4 aliphatic heterocycles. The lowest BCUT2D eigenvalue weighted by atomic mass is 9.78. The Bertz CT molecular complexity index is 815. The summed E-state index contributed by atoms with van der Waals surface area (Å²) < 4.78 is 4.82. The Morgan fingerprint density at radius 1 is 1.12 bits per heavy atom. The van der Waals surface area contributed by atoms with Crippen LogP contribution in [0.5, 0.6) is 0 Å².